The molecule has 0 aromatic heterocycles. The van der Waals surface area contributed by atoms with E-state index in [1.807, 2.05) is 6.07 Å². The summed E-state index contributed by atoms with van der Waals surface area (Å²) in [4.78, 5) is 0. The average molecular weight is 443 g/mol. The summed E-state index contributed by atoms with van der Waals surface area (Å²) in [7, 11) is 0. The normalized spacial score (nSPS) is 19.4. The molecule has 0 radical (unpaired) electrons. The molecule has 2 aliphatic carbocycles. The van der Waals surface area contributed by atoms with Gasteiger partial charge < -0.3 is 4.74 Å². The number of hydrogen-bond donors (Lipinski definition) is 0. The summed E-state index contributed by atoms with van der Waals surface area (Å²) < 4.78 is 20.7. The van der Waals surface area contributed by atoms with Crippen LogP contribution in [0.25, 0.3) is 0 Å². The maximum atomic E-state index is 15.0. The van der Waals surface area contributed by atoms with E-state index in [1.165, 1.54) is 95.5 Å². The third-order valence-electron chi connectivity index (χ3n) is 8.26. The van der Waals surface area contributed by atoms with Crippen molar-refractivity contribution in [3.8, 4) is 5.75 Å². The lowest BCUT2D eigenvalue weighted by Gasteiger charge is -2.38. The molecule has 0 aliphatic heterocycles. The third kappa shape index (κ3) is 7.63. The lowest BCUT2D eigenvalue weighted by molar-refractivity contribution is 0.156. The van der Waals surface area contributed by atoms with Crippen LogP contribution in [0.4, 0.5) is 4.39 Å². The smallest absolute Gasteiger partial charge is 0.165 e. The van der Waals surface area contributed by atoms with Gasteiger partial charge in [-0.25, -0.2) is 4.39 Å². The Morgan fingerprint density at radius 3 is 2.53 bits per heavy atom. The Labute approximate surface area is 197 Å². The number of hydrogen-bond acceptors (Lipinski definition) is 1. The van der Waals surface area contributed by atoms with Gasteiger partial charge in [0.05, 0.1) is 6.61 Å². The molecule has 2 aliphatic rings. The molecule has 0 saturated heterocycles. The van der Waals surface area contributed by atoms with Crippen LogP contribution in [0.1, 0.15) is 134 Å². The number of rotatable bonds is 13. The summed E-state index contributed by atoms with van der Waals surface area (Å²) in [5.41, 5.74) is 3.30. The molecule has 1 nitrogen and oxygen atoms in total. The Morgan fingerprint density at radius 1 is 1.00 bits per heavy atom. The minimum Gasteiger partial charge on any atom is -0.491 e. The Kier molecular flexibility index (Phi) is 10.6. The molecule has 2 heteroatoms. The molecule has 1 saturated carbocycles. The summed E-state index contributed by atoms with van der Waals surface area (Å²) in [5, 5.41) is 0. The van der Waals surface area contributed by atoms with Crippen LogP contribution in [0, 0.1) is 11.2 Å². The maximum Gasteiger partial charge on any atom is 0.165 e. The van der Waals surface area contributed by atoms with Crippen LogP contribution >= 0.6 is 0 Å². The number of benzene rings is 1. The van der Waals surface area contributed by atoms with Gasteiger partial charge in [0.1, 0.15) is 0 Å². The fraction of sp³-hybridized carbons (Fsp3) is 0.733. The molecule has 0 N–H and O–H groups in total. The van der Waals surface area contributed by atoms with Crippen LogP contribution in [0.3, 0.4) is 0 Å². The molecular formula is C30H47FO. The van der Waals surface area contributed by atoms with E-state index < -0.39 is 0 Å². The van der Waals surface area contributed by atoms with Crippen LogP contribution in [0.15, 0.2) is 29.8 Å². The summed E-state index contributed by atoms with van der Waals surface area (Å²) in [6.45, 7) is 5.21. The molecule has 3 rings (SSSR count). The summed E-state index contributed by atoms with van der Waals surface area (Å²) in [6, 6.07) is 5.83. The summed E-state index contributed by atoms with van der Waals surface area (Å²) in [6.07, 6.45) is 24.0. The second-order valence-electron chi connectivity index (χ2n) is 10.6. The van der Waals surface area contributed by atoms with Gasteiger partial charge in [-0.05, 0) is 93.2 Å². The van der Waals surface area contributed by atoms with Gasteiger partial charge in [0.15, 0.2) is 11.6 Å². The molecule has 1 unspecified atom stereocenters. The highest BCUT2D eigenvalue weighted by Crippen LogP contribution is 2.45. The average Bonchev–Trinajstić information content (AvgIpc) is 2.83. The first-order valence-corrected chi connectivity index (χ1v) is 13.8. The highest BCUT2D eigenvalue weighted by Gasteiger charge is 2.31. The zero-order valence-corrected chi connectivity index (χ0v) is 20.9. The number of halogens is 1. The molecule has 1 aromatic rings. The minimum absolute atomic E-state index is 0.177. The van der Waals surface area contributed by atoms with E-state index in [2.05, 4.69) is 26.0 Å². The van der Waals surface area contributed by atoms with Crippen LogP contribution in [-0.2, 0) is 0 Å². The van der Waals surface area contributed by atoms with E-state index in [9.17, 15) is 4.39 Å². The molecular weight excluding hydrogens is 395 g/mol. The van der Waals surface area contributed by atoms with Crippen molar-refractivity contribution in [3.05, 3.63) is 41.2 Å². The van der Waals surface area contributed by atoms with Crippen molar-refractivity contribution in [2.24, 2.45) is 5.41 Å². The van der Waals surface area contributed by atoms with Crippen molar-refractivity contribution in [2.75, 3.05) is 6.61 Å². The molecule has 32 heavy (non-hydrogen) atoms. The van der Waals surface area contributed by atoms with Crippen molar-refractivity contribution >= 4 is 0 Å². The first kappa shape index (κ1) is 25.3. The predicted octanol–water partition coefficient (Wildman–Crippen LogP) is 9.90. The van der Waals surface area contributed by atoms with Crippen molar-refractivity contribution in [1.82, 2.24) is 0 Å². The van der Waals surface area contributed by atoms with E-state index in [4.69, 9.17) is 4.74 Å². The van der Waals surface area contributed by atoms with Gasteiger partial charge in [-0.1, -0.05) is 76.5 Å². The van der Waals surface area contributed by atoms with Gasteiger partial charge in [0, 0.05) is 0 Å². The Morgan fingerprint density at radius 2 is 1.84 bits per heavy atom. The lowest BCUT2D eigenvalue weighted by atomic mass is 9.68. The van der Waals surface area contributed by atoms with Gasteiger partial charge >= 0.3 is 0 Å². The molecule has 0 spiro atoms. The first-order chi connectivity index (χ1) is 15.7. The number of ether oxygens (including phenoxy) is 1. The fourth-order valence-corrected chi connectivity index (χ4v) is 5.95. The topological polar surface area (TPSA) is 9.23 Å². The Hall–Kier alpha value is -1.31. The SMILES string of the molecule is CCCCCCOc1ccc(C(CCC2(CC)CCCCC2)CC2=CCCCC2)cc1F. The molecule has 1 atom stereocenters. The van der Waals surface area contributed by atoms with Gasteiger partial charge in [-0.15, -0.1) is 0 Å². The minimum atomic E-state index is -0.177. The monoisotopic (exact) mass is 442 g/mol. The van der Waals surface area contributed by atoms with Gasteiger partial charge in [0.25, 0.3) is 0 Å². The van der Waals surface area contributed by atoms with E-state index in [0.717, 1.165) is 19.3 Å². The number of unbranched alkanes of at least 4 members (excludes halogenated alkanes) is 3. The highest BCUT2D eigenvalue weighted by molar-refractivity contribution is 5.32. The summed E-state index contributed by atoms with van der Waals surface area (Å²) in [5.74, 6) is 0.680. The van der Waals surface area contributed by atoms with Gasteiger partial charge in [-0.2, -0.15) is 0 Å². The third-order valence-corrected chi connectivity index (χ3v) is 8.26. The van der Waals surface area contributed by atoms with Crippen molar-refractivity contribution in [3.63, 3.8) is 0 Å². The van der Waals surface area contributed by atoms with E-state index in [-0.39, 0.29) is 5.82 Å². The van der Waals surface area contributed by atoms with Crippen molar-refractivity contribution in [1.29, 1.82) is 0 Å². The lowest BCUT2D eigenvalue weighted by Crippen LogP contribution is -2.24. The quantitative estimate of drug-likeness (QED) is 0.218. The zero-order chi connectivity index (χ0) is 22.7. The molecule has 0 bridgehead atoms. The van der Waals surface area contributed by atoms with Crippen LogP contribution < -0.4 is 4.74 Å². The van der Waals surface area contributed by atoms with Crippen molar-refractivity contribution < 1.29 is 9.13 Å². The highest BCUT2D eigenvalue weighted by atomic mass is 19.1. The molecule has 0 amide bonds. The number of allylic oxidation sites excluding steroid dienone is 2. The van der Waals surface area contributed by atoms with Gasteiger partial charge in [0.2, 0.25) is 0 Å². The summed E-state index contributed by atoms with van der Waals surface area (Å²) >= 11 is 0. The van der Waals surface area contributed by atoms with Crippen LogP contribution in [-0.4, -0.2) is 6.61 Å². The largest absolute Gasteiger partial charge is 0.491 e. The maximum absolute atomic E-state index is 15.0. The molecule has 0 heterocycles. The van der Waals surface area contributed by atoms with Crippen LogP contribution in [0.2, 0.25) is 0 Å². The van der Waals surface area contributed by atoms with E-state index >= 15 is 0 Å². The second kappa shape index (κ2) is 13.4. The van der Waals surface area contributed by atoms with E-state index in [0.29, 0.717) is 23.7 Å². The predicted molar refractivity (Wildman–Crippen MR) is 135 cm³/mol. The van der Waals surface area contributed by atoms with E-state index in [1.54, 1.807) is 11.6 Å². The second-order valence-corrected chi connectivity index (χ2v) is 10.6. The zero-order valence-electron chi connectivity index (χ0n) is 20.9. The Balaban J connectivity index is 1.67. The van der Waals surface area contributed by atoms with Crippen molar-refractivity contribution in [2.45, 2.75) is 129 Å². The molecule has 1 aromatic carbocycles. The first-order valence-electron chi connectivity index (χ1n) is 13.8. The Bertz CT molecular complexity index is 701. The van der Waals surface area contributed by atoms with Gasteiger partial charge in [-0.3, -0.25) is 0 Å². The molecule has 1 fully saturated rings. The fourth-order valence-electron chi connectivity index (χ4n) is 5.95. The molecule has 180 valence electrons. The standard InChI is InChI=1S/C30H47FO/c1-3-5-6-13-22-32-29-17-16-26(24-28(29)31)27(23-25-14-9-7-10-15-25)18-21-30(4-2)19-11-8-12-20-30/h14,16-17,24,27H,3-13,15,18-23H2,1-2H3. The van der Waals surface area contributed by atoms with Crippen LogP contribution in [0.5, 0.6) is 5.75 Å².